The smallest absolute Gasteiger partial charge is 0.126 e. The van der Waals surface area contributed by atoms with E-state index in [-0.39, 0.29) is 11.7 Å². The van der Waals surface area contributed by atoms with Crippen LogP contribution in [-0.2, 0) is 6.54 Å². The molecule has 1 N–H and O–H groups in total. The summed E-state index contributed by atoms with van der Waals surface area (Å²) in [5.74, 6) is 0.362. The van der Waals surface area contributed by atoms with E-state index in [1.165, 1.54) is 5.56 Å². The number of aryl methyl sites for hydroxylation is 1. The molecule has 0 fully saturated rings. The second-order valence-electron chi connectivity index (χ2n) is 5.64. The predicted octanol–water partition coefficient (Wildman–Crippen LogP) is 3.42. The molecule has 2 aromatic rings. The number of hydrogen-bond donors (Lipinski definition) is 1. The summed E-state index contributed by atoms with van der Waals surface area (Å²) >= 11 is 0. The zero-order valence-corrected chi connectivity index (χ0v) is 11.7. The molecule has 1 unspecified atom stereocenters. The fraction of sp³-hybridized carbons (Fsp3) is 0.294. The van der Waals surface area contributed by atoms with Crippen molar-refractivity contribution in [2.24, 2.45) is 0 Å². The molecule has 104 valence electrons. The van der Waals surface area contributed by atoms with Crippen molar-refractivity contribution in [2.45, 2.75) is 19.4 Å². The van der Waals surface area contributed by atoms with E-state index in [0.717, 1.165) is 24.2 Å². The van der Waals surface area contributed by atoms with Gasteiger partial charge in [-0.05, 0) is 54.4 Å². The van der Waals surface area contributed by atoms with Gasteiger partial charge >= 0.3 is 0 Å². The minimum absolute atomic E-state index is 0.163. The van der Waals surface area contributed by atoms with Crippen molar-refractivity contribution in [3.63, 3.8) is 0 Å². The van der Waals surface area contributed by atoms with Crippen LogP contribution >= 0.6 is 0 Å². The Morgan fingerprint density at radius 3 is 2.75 bits per heavy atom. The normalized spacial score (nSPS) is 18.9. The van der Waals surface area contributed by atoms with Gasteiger partial charge in [-0.1, -0.05) is 18.2 Å². The summed E-state index contributed by atoms with van der Waals surface area (Å²) in [7, 11) is 2.07. The van der Waals surface area contributed by atoms with Crippen molar-refractivity contribution < 1.29 is 9.50 Å². The van der Waals surface area contributed by atoms with Crippen LogP contribution in [0.2, 0.25) is 0 Å². The van der Waals surface area contributed by atoms with E-state index in [9.17, 15) is 9.50 Å². The number of fused-ring (bicyclic) bond motifs is 1. The standard InChI is InChI=1S/C17H18FNO/c1-11-7-12(3-6-17(11)18)16-10-19(2)9-13-8-14(20)4-5-15(13)16/h3-8,16,20H,9-10H2,1-2H3. The maximum absolute atomic E-state index is 13.4. The topological polar surface area (TPSA) is 23.5 Å². The van der Waals surface area contributed by atoms with Crippen molar-refractivity contribution >= 4 is 0 Å². The molecule has 0 saturated heterocycles. The van der Waals surface area contributed by atoms with E-state index in [0.29, 0.717) is 11.3 Å². The molecule has 0 amide bonds. The lowest BCUT2D eigenvalue weighted by Crippen LogP contribution is -2.30. The first-order chi connectivity index (χ1) is 9.54. The predicted molar refractivity (Wildman–Crippen MR) is 77.4 cm³/mol. The van der Waals surface area contributed by atoms with Crippen LogP contribution in [0.25, 0.3) is 0 Å². The minimum Gasteiger partial charge on any atom is -0.508 e. The molecule has 1 atom stereocenters. The number of nitrogens with zero attached hydrogens (tertiary/aromatic N) is 1. The highest BCUT2D eigenvalue weighted by Gasteiger charge is 2.25. The van der Waals surface area contributed by atoms with E-state index >= 15 is 0 Å². The molecule has 0 aromatic heterocycles. The van der Waals surface area contributed by atoms with Gasteiger partial charge in [-0.3, -0.25) is 0 Å². The van der Waals surface area contributed by atoms with E-state index < -0.39 is 0 Å². The molecule has 0 bridgehead atoms. The number of phenols is 1. The van der Waals surface area contributed by atoms with E-state index in [2.05, 4.69) is 11.9 Å². The number of benzene rings is 2. The Hall–Kier alpha value is -1.87. The van der Waals surface area contributed by atoms with Gasteiger partial charge in [0.1, 0.15) is 11.6 Å². The number of likely N-dealkylation sites (N-methyl/N-ethyl adjacent to an activating group) is 1. The fourth-order valence-corrected chi connectivity index (χ4v) is 3.00. The molecule has 1 aliphatic rings. The highest BCUT2D eigenvalue weighted by Crippen LogP contribution is 2.35. The van der Waals surface area contributed by atoms with Gasteiger partial charge in [0, 0.05) is 19.0 Å². The van der Waals surface area contributed by atoms with Crippen LogP contribution in [0.1, 0.15) is 28.2 Å². The second kappa shape index (κ2) is 4.91. The summed E-state index contributed by atoms with van der Waals surface area (Å²) in [4.78, 5) is 2.23. The molecule has 0 saturated carbocycles. The molecule has 20 heavy (non-hydrogen) atoms. The van der Waals surface area contributed by atoms with Crippen molar-refractivity contribution in [1.82, 2.24) is 4.90 Å². The average Bonchev–Trinajstić information content (AvgIpc) is 2.40. The first kappa shape index (κ1) is 13.1. The zero-order valence-electron chi connectivity index (χ0n) is 11.7. The van der Waals surface area contributed by atoms with Crippen LogP contribution in [0.4, 0.5) is 4.39 Å². The molecule has 1 aliphatic heterocycles. The second-order valence-corrected chi connectivity index (χ2v) is 5.64. The van der Waals surface area contributed by atoms with E-state index in [4.69, 9.17) is 0 Å². The van der Waals surface area contributed by atoms with Crippen LogP contribution in [-0.4, -0.2) is 23.6 Å². The SMILES string of the molecule is Cc1cc(C2CN(C)Cc3cc(O)ccc32)ccc1F. The van der Waals surface area contributed by atoms with Crippen LogP contribution in [0, 0.1) is 12.7 Å². The highest BCUT2D eigenvalue weighted by molar-refractivity contribution is 5.44. The Morgan fingerprint density at radius 2 is 2.00 bits per heavy atom. The van der Waals surface area contributed by atoms with Gasteiger partial charge in [-0.15, -0.1) is 0 Å². The Bertz CT molecular complexity index is 653. The maximum atomic E-state index is 13.4. The first-order valence-electron chi connectivity index (χ1n) is 6.81. The Morgan fingerprint density at radius 1 is 1.20 bits per heavy atom. The lowest BCUT2D eigenvalue weighted by molar-refractivity contribution is 0.294. The van der Waals surface area contributed by atoms with Crippen molar-refractivity contribution in [2.75, 3.05) is 13.6 Å². The van der Waals surface area contributed by atoms with Gasteiger partial charge in [0.05, 0.1) is 0 Å². The molecule has 2 nitrogen and oxygen atoms in total. The van der Waals surface area contributed by atoms with Gasteiger partial charge in [-0.2, -0.15) is 0 Å². The third-order valence-electron chi connectivity index (χ3n) is 4.02. The first-order valence-corrected chi connectivity index (χ1v) is 6.81. The number of phenolic OH excluding ortho intramolecular Hbond substituents is 1. The Kier molecular flexibility index (Phi) is 3.22. The summed E-state index contributed by atoms with van der Waals surface area (Å²) in [6.07, 6.45) is 0. The molecule has 0 spiro atoms. The largest absolute Gasteiger partial charge is 0.508 e. The molecular weight excluding hydrogens is 253 g/mol. The van der Waals surface area contributed by atoms with E-state index in [1.807, 2.05) is 24.3 Å². The van der Waals surface area contributed by atoms with E-state index in [1.54, 1.807) is 19.1 Å². The fourth-order valence-electron chi connectivity index (χ4n) is 3.00. The van der Waals surface area contributed by atoms with Gasteiger partial charge in [0.2, 0.25) is 0 Å². The summed E-state index contributed by atoms with van der Waals surface area (Å²) in [6.45, 7) is 3.53. The summed E-state index contributed by atoms with van der Waals surface area (Å²) in [5.41, 5.74) is 4.18. The molecular formula is C17H18FNO. The third-order valence-corrected chi connectivity index (χ3v) is 4.02. The summed E-state index contributed by atoms with van der Waals surface area (Å²) in [5, 5.41) is 9.64. The van der Waals surface area contributed by atoms with Gasteiger partial charge < -0.3 is 10.0 Å². The van der Waals surface area contributed by atoms with Crippen LogP contribution in [0.5, 0.6) is 5.75 Å². The van der Waals surface area contributed by atoms with Gasteiger partial charge in [0.15, 0.2) is 0 Å². The third kappa shape index (κ3) is 2.29. The van der Waals surface area contributed by atoms with Crippen molar-refractivity contribution in [3.05, 3.63) is 64.5 Å². The molecule has 2 aromatic carbocycles. The maximum Gasteiger partial charge on any atom is 0.126 e. The number of halogens is 1. The number of aromatic hydroxyl groups is 1. The van der Waals surface area contributed by atoms with Gasteiger partial charge in [-0.25, -0.2) is 4.39 Å². The molecule has 1 heterocycles. The van der Waals surface area contributed by atoms with Crippen LogP contribution < -0.4 is 0 Å². The lowest BCUT2D eigenvalue weighted by Gasteiger charge is -2.32. The Labute approximate surface area is 118 Å². The molecule has 3 rings (SSSR count). The average molecular weight is 271 g/mol. The van der Waals surface area contributed by atoms with Gasteiger partial charge in [0.25, 0.3) is 0 Å². The van der Waals surface area contributed by atoms with Crippen molar-refractivity contribution in [3.8, 4) is 5.75 Å². The minimum atomic E-state index is -0.163. The molecule has 0 aliphatic carbocycles. The van der Waals surface area contributed by atoms with Crippen LogP contribution in [0.15, 0.2) is 36.4 Å². The number of rotatable bonds is 1. The zero-order chi connectivity index (χ0) is 14.3. The highest BCUT2D eigenvalue weighted by atomic mass is 19.1. The molecule has 3 heteroatoms. The molecule has 0 radical (unpaired) electrons. The summed E-state index contributed by atoms with van der Waals surface area (Å²) in [6, 6.07) is 10.9. The van der Waals surface area contributed by atoms with Crippen molar-refractivity contribution in [1.29, 1.82) is 0 Å². The lowest BCUT2D eigenvalue weighted by atomic mass is 9.84. The monoisotopic (exact) mass is 271 g/mol. The summed E-state index contributed by atoms with van der Waals surface area (Å²) < 4.78 is 13.4. The quantitative estimate of drug-likeness (QED) is 0.859. The Balaban J connectivity index is 2.08. The van der Waals surface area contributed by atoms with Crippen LogP contribution in [0.3, 0.4) is 0 Å². The number of hydrogen-bond acceptors (Lipinski definition) is 2.